The summed E-state index contributed by atoms with van der Waals surface area (Å²) in [5.41, 5.74) is 7.79. The van der Waals surface area contributed by atoms with Crippen LogP contribution >= 0.6 is 0 Å². The van der Waals surface area contributed by atoms with Gasteiger partial charge in [-0.2, -0.15) is 0 Å². The van der Waals surface area contributed by atoms with Crippen molar-refractivity contribution in [2.24, 2.45) is 28.7 Å². The maximum Gasteiger partial charge on any atom is 0.163 e. The van der Waals surface area contributed by atoms with Crippen molar-refractivity contribution in [2.45, 2.75) is 104 Å². The van der Waals surface area contributed by atoms with Gasteiger partial charge in [-0.3, -0.25) is 14.6 Å². The van der Waals surface area contributed by atoms with E-state index in [-0.39, 0.29) is 17.5 Å². The number of ketones is 2. The predicted molar refractivity (Wildman–Crippen MR) is 174 cm³/mol. The normalized spacial score (nSPS) is 25.1. The van der Waals surface area contributed by atoms with Crippen LogP contribution in [0.2, 0.25) is 0 Å². The van der Waals surface area contributed by atoms with E-state index in [1.165, 1.54) is 60.8 Å². The van der Waals surface area contributed by atoms with Crippen molar-refractivity contribution in [3.8, 4) is 0 Å². The number of carbonyl (C=O) groups is 2. The van der Waals surface area contributed by atoms with Crippen LogP contribution in [0.15, 0.2) is 76.9 Å². The molecule has 2 aliphatic carbocycles. The van der Waals surface area contributed by atoms with Gasteiger partial charge in [-0.25, -0.2) is 0 Å². The van der Waals surface area contributed by atoms with Gasteiger partial charge in [0.15, 0.2) is 11.6 Å². The zero-order valence-electron chi connectivity index (χ0n) is 26.0. The Morgan fingerprint density at radius 2 is 1.64 bits per heavy atom. The third-order valence-corrected chi connectivity index (χ3v) is 10.2. The minimum Gasteiger partial charge on any atom is -0.294 e. The Bertz CT molecular complexity index is 1340. The number of Topliss-reactive ketones (excluding diaryl/α,β-unsaturated/α-hetero) is 2. The first-order chi connectivity index (χ1) is 20.4. The molecule has 0 N–H and O–H groups in total. The van der Waals surface area contributed by atoms with Crippen LogP contribution in [0.1, 0.15) is 123 Å². The lowest BCUT2D eigenvalue weighted by atomic mass is 9.79. The maximum atomic E-state index is 13.2. The molecule has 0 aromatic heterocycles. The Balaban J connectivity index is 1.20. The summed E-state index contributed by atoms with van der Waals surface area (Å²) in [6.45, 7) is 6.78. The fourth-order valence-electron chi connectivity index (χ4n) is 7.36. The third-order valence-electron chi connectivity index (χ3n) is 10.2. The molecule has 3 aliphatic rings. The van der Waals surface area contributed by atoms with Crippen LogP contribution in [0, 0.1) is 23.7 Å². The average molecular weight is 564 g/mol. The zero-order chi connectivity index (χ0) is 29.5. The summed E-state index contributed by atoms with van der Waals surface area (Å²) in [5.74, 6) is 2.61. The van der Waals surface area contributed by atoms with Crippen molar-refractivity contribution in [2.75, 3.05) is 0 Å². The second-order valence-corrected chi connectivity index (χ2v) is 13.2. The van der Waals surface area contributed by atoms with E-state index in [9.17, 15) is 9.59 Å². The lowest BCUT2D eigenvalue weighted by molar-refractivity contribution is 0.0965. The van der Waals surface area contributed by atoms with Crippen LogP contribution in [0.4, 0.5) is 0 Å². The highest BCUT2D eigenvalue weighted by Gasteiger charge is 2.26. The smallest absolute Gasteiger partial charge is 0.163 e. The summed E-state index contributed by atoms with van der Waals surface area (Å²) in [4.78, 5) is 31.2. The summed E-state index contributed by atoms with van der Waals surface area (Å²) < 4.78 is 0. The van der Waals surface area contributed by atoms with E-state index in [4.69, 9.17) is 4.99 Å². The van der Waals surface area contributed by atoms with Crippen molar-refractivity contribution < 1.29 is 9.59 Å². The molecule has 42 heavy (non-hydrogen) atoms. The number of benzene rings is 2. The number of hydrogen-bond donors (Lipinski definition) is 0. The number of rotatable bonds is 7. The van der Waals surface area contributed by atoms with Gasteiger partial charge < -0.3 is 0 Å². The summed E-state index contributed by atoms with van der Waals surface area (Å²) in [6, 6.07) is 16.5. The largest absolute Gasteiger partial charge is 0.294 e. The minimum absolute atomic E-state index is 0.103. The molecule has 2 aromatic rings. The van der Waals surface area contributed by atoms with E-state index < -0.39 is 0 Å². The summed E-state index contributed by atoms with van der Waals surface area (Å²) in [5, 5.41) is 0. The highest BCUT2D eigenvalue weighted by atomic mass is 16.1. The number of allylic oxidation sites excluding steroid dienone is 3. The fraction of sp³-hybridized carbons (Fsp3) is 0.513. The van der Waals surface area contributed by atoms with Crippen LogP contribution < -0.4 is 0 Å². The van der Waals surface area contributed by atoms with E-state index in [1.807, 2.05) is 36.5 Å². The van der Waals surface area contributed by atoms with Gasteiger partial charge in [-0.05, 0) is 78.0 Å². The Hall–Kier alpha value is -3.07. The molecule has 1 fully saturated rings. The lowest BCUT2D eigenvalue weighted by Gasteiger charge is -2.25. The van der Waals surface area contributed by atoms with Crippen LogP contribution in [0.3, 0.4) is 0 Å². The number of nitrogens with zero attached hydrogens (tertiary/aromatic N) is 1. The van der Waals surface area contributed by atoms with Crippen molar-refractivity contribution in [3.63, 3.8) is 0 Å². The molecule has 0 spiro atoms. The highest BCUT2D eigenvalue weighted by Crippen LogP contribution is 2.35. The predicted octanol–water partition coefficient (Wildman–Crippen LogP) is 9.94. The Kier molecular flexibility index (Phi) is 10.4. The molecule has 4 atom stereocenters. The molecular weight excluding hydrogens is 514 g/mol. The first-order valence-corrected chi connectivity index (χ1v) is 16.6. The van der Waals surface area contributed by atoms with Crippen LogP contribution in [-0.2, 0) is 12.8 Å². The molecule has 5 rings (SSSR count). The Labute approximate surface area is 253 Å². The number of aryl methyl sites for hydroxylation is 1. The molecule has 1 heterocycles. The Morgan fingerprint density at radius 3 is 2.45 bits per heavy atom. The molecule has 2 aromatic carbocycles. The first-order valence-electron chi connectivity index (χ1n) is 16.6. The van der Waals surface area contributed by atoms with Crippen LogP contribution in [-0.4, -0.2) is 17.3 Å². The van der Waals surface area contributed by atoms with Crippen molar-refractivity contribution in [1.29, 1.82) is 0 Å². The lowest BCUT2D eigenvalue weighted by Crippen LogP contribution is -2.17. The SMILES string of the molecule is CCC1CCCC(Cc2ccc(C(=O)CCC3=NC=C4C(=CC3)C(C)CCc3ccccc3C(=O)CC4C)cc2)CC1. The molecular formula is C39H49NO2. The molecule has 3 heteroatoms. The van der Waals surface area contributed by atoms with Gasteiger partial charge in [0, 0.05) is 42.3 Å². The molecule has 0 amide bonds. The Morgan fingerprint density at radius 1 is 0.881 bits per heavy atom. The number of fused-ring (bicyclic) bond motifs is 2. The van der Waals surface area contributed by atoms with Gasteiger partial charge in [0.2, 0.25) is 0 Å². The summed E-state index contributed by atoms with van der Waals surface area (Å²) in [7, 11) is 0. The maximum absolute atomic E-state index is 13.2. The first kappa shape index (κ1) is 30.4. The molecule has 3 nitrogen and oxygen atoms in total. The fourth-order valence-corrected chi connectivity index (χ4v) is 7.36. The van der Waals surface area contributed by atoms with Crippen molar-refractivity contribution in [1.82, 2.24) is 0 Å². The van der Waals surface area contributed by atoms with E-state index in [1.54, 1.807) is 0 Å². The summed E-state index contributed by atoms with van der Waals surface area (Å²) in [6.07, 6.45) is 17.9. The molecule has 222 valence electrons. The standard InChI is InChI=1S/C39H49NO2/c1-4-29-8-7-9-30(14-13-29)25-31-15-18-33(19-16-31)38(41)23-21-34-20-22-35-27(2)12-17-32-10-5-6-11-36(32)39(42)24-28(3)37(35)26-40-34/h5-6,10-11,15-16,18-19,22,26-30H,4,7-9,12-14,17,20-21,23-25H2,1-3H3. The molecule has 0 bridgehead atoms. The average Bonchev–Trinajstić information content (AvgIpc) is 3.37. The number of hydrogen-bond acceptors (Lipinski definition) is 3. The second kappa shape index (κ2) is 14.4. The van der Waals surface area contributed by atoms with Crippen molar-refractivity contribution >= 4 is 17.3 Å². The van der Waals surface area contributed by atoms with Gasteiger partial charge >= 0.3 is 0 Å². The van der Waals surface area contributed by atoms with E-state index in [0.717, 1.165) is 54.4 Å². The van der Waals surface area contributed by atoms with E-state index in [0.29, 0.717) is 25.2 Å². The third kappa shape index (κ3) is 7.65. The molecule has 0 saturated heterocycles. The van der Waals surface area contributed by atoms with Crippen LogP contribution in [0.25, 0.3) is 0 Å². The summed E-state index contributed by atoms with van der Waals surface area (Å²) >= 11 is 0. The van der Waals surface area contributed by atoms with E-state index >= 15 is 0 Å². The van der Waals surface area contributed by atoms with Crippen LogP contribution in [0.5, 0.6) is 0 Å². The number of aliphatic imine (C=N–C) groups is 1. The topological polar surface area (TPSA) is 46.5 Å². The van der Waals surface area contributed by atoms with Gasteiger partial charge in [0.25, 0.3) is 0 Å². The van der Waals surface area contributed by atoms with Gasteiger partial charge in [-0.15, -0.1) is 0 Å². The number of carbonyl (C=O) groups excluding carboxylic acids is 2. The van der Waals surface area contributed by atoms with Gasteiger partial charge in [0.05, 0.1) is 0 Å². The minimum atomic E-state index is 0.103. The van der Waals surface area contributed by atoms with Gasteiger partial charge in [-0.1, -0.05) is 107 Å². The van der Waals surface area contributed by atoms with E-state index in [2.05, 4.69) is 45.0 Å². The van der Waals surface area contributed by atoms with Crippen molar-refractivity contribution in [3.05, 3.63) is 94.2 Å². The zero-order valence-corrected chi connectivity index (χ0v) is 26.0. The quantitative estimate of drug-likeness (QED) is 0.249. The second-order valence-electron chi connectivity index (χ2n) is 13.2. The monoisotopic (exact) mass is 563 g/mol. The molecule has 1 aliphatic heterocycles. The molecule has 1 saturated carbocycles. The molecule has 4 unspecified atom stereocenters. The highest BCUT2D eigenvalue weighted by molar-refractivity contribution is 5.99. The van der Waals surface area contributed by atoms with Gasteiger partial charge in [0.1, 0.15) is 0 Å². The molecule has 0 radical (unpaired) electrons.